The molecular formula is C13H11. The van der Waals surface area contributed by atoms with Gasteiger partial charge in [-0.3, -0.25) is 0 Å². The second-order valence-electron chi connectivity index (χ2n) is 3.60. The summed E-state index contributed by atoms with van der Waals surface area (Å²) in [7, 11) is 0. The van der Waals surface area contributed by atoms with Gasteiger partial charge in [-0.15, -0.1) is 0 Å². The maximum Gasteiger partial charge on any atom is 0.0134 e. The first-order valence-electron chi connectivity index (χ1n) is 4.79. The molecule has 0 heteroatoms. The highest BCUT2D eigenvalue weighted by molar-refractivity contribution is 5.72. The van der Waals surface area contributed by atoms with Gasteiger partial charge < -0.3 is 0 Å². The molecule has 1 aromatic rings. The standard InChI is InChI=1S/C13H11/c1-2-6-12-10(4-1)8-9-11-5-3-7-13(11)12/h1,3-5,7-9H,2,6H2. The van der Waals surface area contributed by atoms with Crippen molar-refractivity contribution in [2.24, 2.45) is 0 Å². The summed E-state index contributed by atoms with van der Waals surface area (Å²) in [4.78, 5) is 0. The summed E-state index contributed by atoms with van der Waals surface area (Å²) in [5.41, 5.74) is 5.77. The molecule has 0 unspecified atom stereocenters. The summed E-state index contributed by atoms with van der Waals surface area (Å²) in [6.07, 6.45) is 13.5. The number of rotatable bonds is 0. The average Bonchev–Trinajstić information content (AvgIpc) is 2.65. The quantitative estimate of drug-likeness (QED) is 0.556. The Labute approximate surface area is 78.6 Å². The van der Waals surface area contributed by atoms with Crippen LogP contribution in [0.1, 0.15) is 28.7 Å². The molecule has 1 radical (unpaired) electrons. The highest BCUT2D eigenvalue weighted by Crippen LogP contribution is 2.31. The predicted octanol–water partition coefficient (Wildman–Crippen LogP) is 3.23. The molecule has 0 saturated carbocycles. The van der Waals surface area contributed by atoms with E-state index in [0.29, 0.717) is 0 Å². The van der Waals surface area contributed by atoms with Crippen LogP contribution in [-0.4, -0.2) is 0 Å². The third kappa shape index (κ3) is 0.983. The van der Waals surface area contributed by atoms with Crippen LogP contribution in [0.4, 0.5) is 0 Å². The number of hydrogen-bond acceptors (Lipinski definition) is 0. The third-order valence-electron chi connectivity index (χ3n) is 2.82. The Balaban J connectivity index is 2.26. The lowest BCUT2D eigenvalue weighted by Crippen LogP contribution is -1.99. The molecule has 0 N–H and O–H groups in total. The first-order valence-corrected chi connectivity index (χ1v) is 4.79. The molecule has 0 aromatic heterocycles. The molecule has 13 heavy (non-hydrogen) atoms. The molecule has 0 atom stereocenters. The van der Waals surface area contributed by atoms with E-state index in [-0.39, 0.29) is 0 Å². The Bertz CT molecular complexity index is 408. The predicted molar refractivity (Wildman–Crippen MR) is 56.2 cm³/mol. The minimum absolute atomic E-state index is 1.19. The van der Waals surface area contributed by atoms with Gasteiger partial charge >= 0.3 is 0 Å². The Morgan fingerprint density at radius 2 is 1.92 bits per heavy atom. The van der Waals surface area contributed by atoms with Gasteiger partial charge in [0.2, 0.25) is 0 Å². The summed E-state index contributed by atoms with van der Waals surface area (Å²) in [5.74, 6) is 0. The van der Waals surface area contributed by atoms with E-state index in [4.69, 9.17) is 0 Å². The van der Waals surface area contributed by atoms with Gasteiger partial charge in [0.1, 0.15) is 0 Å². The van der Waals surface area contributed by atoms with Crippen molar-refractivity contribution >= 4 is 12.2 Å². The molecule has 3 rings (SSSR count). The van der Waals surface area contributed by atoms with Gasteiger partial charge in [-0.05, 0) is 35.1 Å². The zero-order valence-corrected chi connectivity index (χ0v) is 7.46. The molecule has 0 bridgehead atoms. The maximum absolute atomic E-state index is 2.26. The van der Waals surface area contributed by atoms with E-state index in [9.17, 15) is 0 Å². The Hall–Kier alpha value is -1.30. The van der Waals surface area contributed by atoms with Crippen LogP contribution in [0.25, 0.3) is 12.2 Å². The molecule has 0 spiro atoms. The van der Waals surface area contributed by atoms with Gasteiger partial charge in [0, 0.05) is 6.42 Å². The topological polar surface area (TPSA) is 0 Å². The SMILES string of the molecule is [CH]1C=Cc2ccc3c(c21)CCC=C3. The van der Waals surface area contributed by atoms with E-state index in [1.165, 1.54) is 35.1 Å². The Morgan fingerprint density at radius 3 is 2.92 bits per heavy atom. The number of hydrogen-bond donors (Lipinski definition) is 0. The molecular weight excluding hydrogens is 156 g/mol. The molecule has 63 valence electrons. The van der Waals surface area contributed by atoms with Crippen LogP contribution < -0.4 is 0 Å². The molecule has 2 aliphatic rings. The second-order valence-corrected chi connectivity index (χ2v) is 3.60. The lowest BCUT2D eigenvalue weighted by Gasteiger charge is -2.14. The summed E-state index contributed by atoms with van der Waals surface area (Å²) in [6, 6.07) is 4.44. The molecule has 0 nitrogen and oxygen atoms in total. The fourth-order valence-electron chi connectivity index (χ4n) is 2.16. The highest BCUT2D eigenvalue weighted by atomic mass is 14.2. The molecule has 0 saturated heterocycles. The molecule has 0 aliphatic heterocycles. The van der Waals surface area contributed by atoms with Crippen LogP contribution in [0.5, 0.6) is 0 Å². The van der Waals surface area contributed by atoms with Crippen LogP contribution >= 0.6 is 0 Å². The lowest BCUT2D eigenvalue weighted by molar-refractivity contribution is 0.976. The van der Waals surface area contributed by atoms with Crippen LogP contribution in [-0.2, 0) is 6.42 Å². The van der Waals surface area contributed by atoms with Gasteiger partial charge in [-0.1, -0.05) is 36.4 Å². The normalized spacial score (nSPS) is 17.2. The first kappa shape index (κ1) is 7.14. The van der Waals surface area contributed by atoms with Crippen LogP contribution in [0.15, 0.2) is 24.3 Å². The molecule has 2 aliphatic carbocycles. The van der Waals surface area contributed by atoms with Crippen molar-refractivity contribution < 1.29 is 0 Å². The van der Waals surface area contributed by atoms with E-state index in [1.54, 1.807) is 0 Å². The van der Waals surface area contributed by atoms with Crippen molar-refractivity contribution in [2.45, 2.75) is 12.8 Å². The van der Waals surface area contributed by atoms with Crippen molar-refractivity contribution in [3.63, 3.8) is 0 Å². The van der Waals surface area contributed by atoms with Crippen molar-refractivity contribution in [1.82, 2.24) is 0 Å². The molecule has 0 amide bonds. The smallest absolute Gasteiger partial charge is 0.0134 e. The first-order chi connectivity index (χ1) is 6.45. The van der Waals surface area contributed by atoms with Crippen molar-refractivity contribution in [3.8, 4) is 0 Å². The lowest BCUT2D eigenvalue weighted by atomic mass is 9.90. The minimum atomic E-state index is 1.19. The maximum atomic E-state index is 2.26. The van der Waals surface area contributed by atoms with E-state index in [1.807, 2.05) is 0 Å². The van der Waals surface area contributed by atoms with Crippen LogP contribution in [0.2, 0.25) is 0 Å². The molecule has 0 heterocycles. The Kier molecular flexibility index (Phi) is 1.42. The van der Waals surface area contributed by atoms with E-state index >= 15 is 0 Å². The number of fused-ring (bicyclic) bond motifs is 3. The van der Waals surface area contributed by atoms with Crippen LogP contribution in [0.3, 0.4) is 0 Å². The largest absolute Gasteiger partial charge is 0.0836 e. The van der Waals surface area contributed by atoms with Gasteiger partial charge in [-0.25, -0.2) is 0 Å². The number of benzene rings is 1. The zero-order chi connectivity index (χ0) is 8.67. The highest BCUT2D eigenvalue weighted by Gasteiger charge is 2.14. The summed E-state index contributed by atoms with van der Waals surface area (Å²) >= 11 is 0. The summed E-state index contributed by atoms with van der Waals surface area (Å²) < 4.78 is 0. The van der Waals surface area contributed by atoms with E-state index in [0.717, 1.165) is 0 Å². The summed E-state index contributed by atoms with van der Waals surface area (Å²) in [6.45, 7) is 0. The fourth-order valence-corrected chi connectivity index (χ4v) is 2.16. The average molecular weight is 167 g/mol. The Morgan fingerprint density at radius 1 is 1.00 bits per heavy atom. The molecule has 0 fully saturated rings. The van der Waals surface area contributed by atoms with E-state index in [2.05, 4.69) is 42.9 Å². The van der Waals surface area contributed by atoms with Crippen molar-refractivity contribution in [3.05, 3.63) is 53.0 Å². The van der Waals surface area contributed by atoms with Crippen LogP contribution in [0, 0.1) is 6.42 Å². The number of allylic oxidation sites excluding steroid dienone is 2. The van der Waals surface area contributed by atoms with Gasteiger partial charge in [-0.2, -0.15) is 0 Å². The van der Waals surface area contributed by atoms with Crippen molar-refractivity contribution in [1.29, 1.82) is 0 Å². The van der Waals surface area contributed by atoms with E-state index < -0.39 is 0 Å². The van der Waals surface area contributed by atoms with Gasteiger partial charge in [0.15, 0.2) is 0 Å². The van der Waals surface area contributed by atoms with Gasteiger partial charge in [0.25, 0.3) is 0 Å². The van der Waals surface area contributed by atoms with Crippen molar-refractivity contribution in [2.75, 3.05) is 0 Å². The minimum Gasteiger partial charge on any atom is -0.0836 e. The fraction of sp³-hybridized carbons (Fsp3) is 0.154. The van der Waals surface area contributed by atoms with Gasteiger partial charge in [0.05, 0.1) is 0 Å². The third-order valence-corrected chi connectivity index (χ3v) is 2.82. The molecule has 1 aromatic carbocycles. The summed E-state index contributed by atoms with van der Waals surface area (Å²) in [5, 5.41) is 0. The second kappa shape index (κ2) is 2.59. The zero-order valence-electron chi connectivity index (χ0n) is 7.46. The monoisotopic (exact) mass is 167 g/mol.